The smallest absolute Gasteiger partial charge is 0.0959 e. The van der Waals surface area contributed by atoms with Crippen LogP contribution in [-0.4, -0.2) is 7.11 Å². The van der Waals surface area contributed by atoms with E-state index in [2.05, 4.69) is 36.4 Å². The van der Waals surface area contributed by atoms with Crippen molar-refractivity contribution in [3.8, 4) is 0 Å². The number of hydrogen-bond acceptors (Lipinski definition) is 1. The summed E-state index contributed by atoms with van der Waals surface area (Å²) < 4.78 is 5.38. The molecule has 0 bridgehead atoms. The lowest BCUT2D eigenvalue weighted by Crippen LogP contribution is -2.12. The molecule has 0 saturated carbocycles. The Morgan fingerprint density at radius 2 is 1.94 bits per heavy atom. The molecule has 0 aromatic heterocycles. The van der Waals surface area contributed by atoms with Crippen LogP contribution in [0.15, 0.2) is 53.3 Å². The summed E-state index contributed by atoms with van der Waals surface area (Å²) in [6.07, 6.45) is 8.18. The van der Waals surface area contributed by atoms with E-state index in [1.807, 2.05) is 0 Å². The SMILES string of the molecule is COC1=CCC2=C(CC[C@@H](c3ccccc3)C2)C1. The lowest BCUT2D eigenvalue weighted by Gasteiger charge is -2.30. The van der Waals surface area contributed by atoms with E-state index in [4.69, 9.17) is 4.74 Å². The van der Waals surface area contributed by atoms with Crippen molar-refractivity contribution in [3.63, 3.8) is 0 Å². The Kier molecular flexibility index (Phi) is 3.22. The van der Waals surface area contributed by atoms with E-state index in [-0.39, 0.29) is 0 Å². The second-order valence-corrected chi connectivity index (χ2v) is 5.31. The molecule has 3 rings (SSSR count). The van der Waals surface area contributed by atoms with E-state index < -0.39 is 0 Å². The topological polar surface area (TPSA) is 9.23 Å². The quantitative estimate of drug-likeness (QED) is 0.688. The van der Waals surface area contributed by atoms with Crippen LogP contribution in [0.25, 0.3) is 0 Å². The second-order valence-electron chi connectivity index (χ2n) is 5.31. The minimum absolute atomic E-state index is 0.724. The van der Waals surface area contributed by atoms with Gasteiger partial charge in [0.1, 0.15) is 0 Å². The van der Waals surface area contributed by atoms with Gasteiger partial charge >= 0.3 is 0 Å². The molecule has 0 fully saturated rings. The summed E-state index contributed by atoms with van der Waals surface area (Å²) in [5, 5.41) is 0. The van der Waals surface area contributed by atoms with Crippen LogP contribution in [0.4, 0.5) is 0 Å². The molecule has 0 spiro atoms. The first-order valence-corrected chi connectivity index (χ1v) is 6.84. The molecule has 18 heavy (non-hydrogen) atoms. The van der Waals surface area contributed by atoms with Gasteiger partial charge in [0.05, 0.1) is 12.9 Å². The number of ether oxygens (including phenoxy) is 1. The van der Waals surface area contributed by atoms with Crippen LogP contribution in [0.2, 0.25) is 0 Å². The van der Waals surface area contributed by atoms with Crippen molar-refractivity contribution in [3.05, 3.63) is 58.9 Å². The first kappa shape index (κ1) is 11.6. The number of allylic oxidation sites excluding steroid dienone is 3. The van der Waals surface area contributed by atoms with Crippen molar-refractivity contribution in [1.29, 1.82) is 0 Å². The minimum atomic E-state index is 0.724. The molecule has 1 aromatic carbocycles. The summed E-state index contributed by atoms with van der Waals surface area (Å²) in [7, 11) is 1.78. The lowest BCUT2D eigenvalue weighted by atomic mass is 9.76. The van der Waals surface area contributed by atoms with Crippen molar-refractivity contribution in [1.82, 2.24) is 0 Å². The van der Waals surface area contributed by atoms with Gasteiger partial charge in [-0.05, 0) is 43.2 Å². The zero-order valence-electron chi connectivity index (χ0n) is 11.0. The van der Waals surface area contributed by atoms with Gasteiger partial charge in [-0.3, -0.25) is 0 Å². The molecule has 0 unspecified atom stereocenters. The van der Waals surface area contributed by atoms with Crippen LogP contribution in [0, 0.1) is 0 Å². The molecule has 0 heterocycles. The van der Waals surface area contributed by atoms with E-state index in [0.29, 0.717) is 0 Å². The molecule has 0 N–H and O–H groups in total. The van der Waals surface area contributed by atoms with Crippen molar-refractivity contribution in [2.24, 2.45) is 0 Å². The monoisotopic (exact) mass is 240 g/mol. The maximum absolute atomic E-state index is 5.38. The van der Waals surface area contributed by atoms with Crippen LogP contribution in [0.1, 0.15) is 43.6 Å². The fourth-order valence-corrected chi connectivity index (χ4v) is 3.19. The van der Waals surface area contributed by atoms with Crippen LogP contribution < -0.4 is 0 Å². The molecule has 1 aromatic rings. The Morgan fingerprint density at radius 1 is 1.11 bits per heavy atom. The van der Waals surface area contributed by atoms with E-state index in [1.54, 1.807) is 18.3 Å². The molecule has 94 valence electrons. The molecule has 1 heteroatoms. The van der Waals surface area contributed by atoms with Crippen LogP contribution in [-0.2, 0) is 4.74 Å². The molecule has 0 amide bonds. The van der Waals surface area contributed by atoms with E-state index in [1.165, 1.54) is 24.8 Å². The van der Waals surface area contributed by atoms with Gasteiger partial charge < -0.3 is 4.74 Å². The Balaban J connectivity index is 1.75. The Labute approximate surface area is 109 Å². The Bertz CT molecular complexity index is 482. The van der Waals surface area contributed by atoms with Crippen LogP contribution in [0.5, 0.6) is 0 Å². The summed E-state index contributed by atoms with van der Waals surface area (Å²) in [4.78, 5) is 0. The highest BCUT2D eigenvalue weighted by molar-refractivity contribution is 5.33. The maximum Gasteiger partial charge on any atom is 0.0959 e. The van der Waals surface area contributed by atoms with Gasteiger partial charge in [-0.1, -0.05) is 41.5 Å². The Hall–Kier alpha value is -1.50. The molecule has 0 saturated heterocycles. The molecular formula is C17H20O. The van der Waals surface area contributed by atoms with Gasteiger partial charge in [-0.15, -0.1) is 0 Å². The molecule has 2 aliphatic rings. The zero-order valence-corrected chi connectivity index (χ0v) is 11.0. The van der Waals surface area contributed by atoms with Gasteiger partial charge in [0.25, 0.3) is 0 Å². The average molecular weight is 240 g/mol. The highest BCUT2D eigenvalue weighted by Crippen LogP contribution is 2.41. The van der Waals surface area contributed by atoms with Crippen LogP contribution >= 0.6 is 0 Å². The summed E-state index contributed by atoms with van der Waals surface area (Å²) >= 11 is 0. The Morgan fingerprint density at radius 3 is 2.72 bits per heavy atom. The van der Waals surface area contributed by atoms with Crippen LogP contribution in [0.3, 0.4) is 0 Å². The minimum Gasteiger partial charge on any atom is -0.501 e. The van der Waals surface area contributed by atoms with Crippen molar-refractivity contribution in [2.75, 3.05) is 7.11 Å². The van der Waals surface area contributed by atoms with Gasteiger partial charge in [-0.2, -0.15) is 0 Å². The number of methoxy groups -OCH3 is 1. The largest absolute Gasteiger partial charge is 0.501 e. The predicted octanol–water partition coefficient (Wildman–Crippen LogP) is 4.57. The number of benzene rings is 1. The normalized spacial score (nSPS) is 23.4. The maximum atomic E-state index is 5.38. The zero-order chi connectivity index (χ0) is 12.4. The van der Waals surface area contributed by atoms with Crippen molar-refractivity contribution >= 4 is 0 Å². The standard InChI is InChI=1S/C17H20O/c1-18-17-10-9-15-11-14(7-8-16(15)12-17)13-5-3-2-4-6-13/h2-6,10,14H,7-9,11-12H2,1H3/t14-/m1/s1. The molecular weight excluding hydrogens is 220 g/mol. The first-order chi connectivity index (χ1) is 8.86. The van der Waals surface area contributed by atoms with Gasteiger partial charge in [-0.25, -0.2) is 0 Å². The third-order valence-electron chi connectivity index (χ3n) is 4.28. The first-order valence-electron chi connectivity index (χ1n) is 6.84. The molecule has 1 nitrogen and oxygen atoms in total. The van der Waals surface area contributed by atoms with Gasteiger partial charge in [0, 0.05) is 6.42 Å². The molecule has 0 aliphatic heterocycles. The van der Waals surface area contributed by atoms with E-state index >= 15 is 0 Å². The third kappa shape index (κ3) is 2.22. The third-order valence-corrected chi connectivity index (χ3v) is 4.28. The fourth-order valence-electron chi connectivity index (χ4n) is 3.19. The van der Waals surface area contributed by atoms with Gasteiger partial charge in [0.15, 0.2) is 0 Å². The van der Waals surface area contributed by atoms with E-state index in [9.17, 15) is 0 Å². The fraction of sp³-hybridized carbons (Fsp3) is 0.412. The summed E-state index contributed by atoms with van der Waals surface area (Å²) in [5.41, 5.74) is 4.81. The lowest BCUT2D eigenvalue weighted by molar-refractivity contribution is 0.277. The average Bonchev–Trinajstić information content (AvgIpc) is 2.47. The van der Waals surface area contributed by atoms with Crippen molar-refractivity contribution < 1.29 is 4.74 Å². The van der Waals surface area contributed by atoms with Crippen molar-refractivity contribution in [2.45, 2.75) is 38.0 Å². The summed E-state index contributed by atoms with van der Waals surface area (Å²) in [6, 6.07) is 11.0. The molecule has 0 radical (unpaired) electrons. The number of rotatable bonds is 2. The van der Waals surface area contributed by atoms with Gasteiger partial charge in [0.2, 0.25) is 0 Å². The molecule has 2 aliphatic carbocycles. The highest BCUT2D eigenvalue weighted by atomic mass is 16.5. The highest BCUT2D eigenvalue weighted by Gasteiger charge is 2.24. The second kappa shape index (κ2) is 5.01. The number of hydrogen-bond donors (Lipinski definition) is 0. The molecule has 1 atom stereocenters. The summed E-state index contributed by atoms with van der Waals surface area (Å²) in [6.45, 7) is 0. The van der Waals surface area contributed by atoms with E-state index in [0.717, 1.165) is 24.5 Å². The summed E-state index contributed by atoms with van der Waals surface area (Å²) in [5.74, 6) is 1.88. The predicted molar refractivity (Wildman–Crippen MR) is 74.4 cm³/mol.